The summed E-state index contributed by atoms with van der Waals surface area (Å²) in [7, 11) is 0. The van der Waals surface area contributed by atoms with E-state index in [1.54, 1.807) is 19.2 Å². The summed E-state index contributed by atoms with van der Waals surface area (Å²) >= 11 is 0. The fourth-order valence-corrected chi connectivity index (χ4v) is 2.49. The van der Waals surface area contributed by atoms with E-state index in [0.717, 1.165) is 16.5 Å². The van der Waals surface area contributed by atoms with Crippen molar-refractivity contribution in [2.24, 2.45) is 0 Å². The molecule has 3 aromatic rings. The van der Waals surface area contributed by atoms with Gasteiger partial charge in [-0.05, 0) is 24.6 Å². The van der Waals surface area contributed by atoms with Crippen molar-refractivity contribution in [2.45, 2.75) is 13.0 Å². The van der Waals surface area contributed by atoms with Crippen LogP contribution in [0.5, 0.6) is 0 Å². The monoisotopic (exact) mass is 319 g/mol. The lowest BCUT2D eigenvalue weighted by atomic mass is 10.1. The molecule has 0 saturated carbocycles. The Kier molecular flexibility index (Phi) is 4.57. The Balaban J connectivity index is 1.68. The molecule has 120 valence electrons. The molecule has 1 N–H and O–H groups in total. The number of ether oxygens (including phenoxy) is 1. The van der Waals surface area contributed by atoms with Crippen molar-refractivity contribution in [3.8, 4) is 0 Å². The quantitative estimate of drug-likeness (QED) is 0.439. The van der Waals surface area contributed by atoms with Crippen LogP contribution in [0.4, 0.5) is 0 Å². The first-order valence-corrected chi connectivity index (χ1v) is 7.69. The average Bonchev–Trinajstić information content (AvgIpc) is 3.04. The van der Waals surface area contributed by atoms with Crippen molar-refractivity contribution in [1.29, 1.82) is 0 Å². The zero-order chi connectivity index (χ0) is 16.9. The first kappa shape index (κ1) is 15.7. The van der Waals surface area contributed by atoms with Crippen molar-refractivity contribution in [3.05, 3.63) is 78.0 Å². The first-order chi connectivity index (χ1) is 11.6. The van der Waals surface area contributed by atoms with Gasteiger partial charge in [0.25, 0.3) is 0 Å². The molecule has 4 heteroatoms. The van der Waals surface area contributed by atoms with Gasteiger partial charge in [0.2, 0.25) is 5.78 Å². The van der Waals surface area contributed by atoms with Crippen LogP contribution in [0, 0.1) is 0 Å². The summed E-state index contributed by atoms with van der Waals surface area (Å²) < 4.78 is 5.22. The Bertz CT molecular complexity index is 893. The molecule has 1 heterocycles. The van der Waals surface area contributed by atoms with E-state index < -0.39 is 12.1 Å². The Labute approximate surface area is 139 Å². The van der Waals surface area contributed by atoms with E-state index in [9.17, 15) is 9.59 Å². The molecule has 0 spiro atoms. The SMILES string of the molecule is C[C@@H](OC(=O)/C=C/c1ccccc1)C(=O)c1c[nH]c2ccccc12. The van der Waals surface area contributed by atoms with Crippen molar-refractivity contribution >= 4 is 28.7 Å². The predicted molar refractivity (Wildman–Crippen MR) is 93.7 cm³/mol. The molecule has 0 radical (unpaired) electrons. The van der Waals surface area contributed by atoms with Crippen LogP contribution in [-0.2, 0) is 9.53 Å². The van der Waals surface area contributed by atoms with Gasteiger partial charge in [0, 0.05) is 28.7 Å². The summed E-state index contributed by atoms with van der Waals surface area (Å²) in [6, 6.07) is 16.9. The minimum atomic E-state index is -0.850. The summed E-state index contributed by atoms with van der Waals surface area (Å²) in [6.45, 7) is 1.58. The molecule has 0 bridgehead atoms. The van der Waals surface area contributed by atoms with Gasteiger partial charge < -0.3 is 9.72 Å². The van der Waals surface area contributed by atoms with E-state index in [2.05, 4.69) is 4.98 Å². The highest BCUT2D eigenvalue weighted by atomic mass is 16.5. The zero-order valence-corrected chi connectivity index (χ0v) is 13.2. The van der Waals surface area contributed by atoms with Crippen molar-refractivity contribution in [3.63, 3.8) is 0 Å². The van der Waals surface area contributed by atoms with Gasteiger partial charge >= 0.3 is 5.97 Å². The lowest BCUT2D eigenvalue weighted by Gasteiger charge is -2.10. The minimum Gasteiger partial charge on any atom is -0.451 e. The third-order valence-electron chi connectivity index (χ3n) is 3.73. The molecule has 3 rings (SSSR count). The van der Waals surface area contributed by atoms with Crippen LogP contribution in [-0.4, -0.2) is 22.8 Å². The summed E-state index contributed by atoms with van der Waals surface area (Å²) in [5.41, 5.74) is 2.30. The minimum absolute atomic E-state index is 0.228. The number of carbonyl (C=O) groups is 2. The molecule has 2 aromatic carbocycles. The number of para-hydroxylation sites is 1. The Morgan fingerprint density at radius 3 is 2.54 bits per heavy atom. The maximum Gasteiger partial charge on any atom is 0.331 e. The number of benzene rings is 2. The number of rotatable bonds is 5. The number of fused-ring (bicyclic) bond motifs is 1. The lowest BCUT2D eigenvalue weighted by molar-refractivity contribution is -0.140. The molecule has 1 atom stereocenters. The highest BCUT2D eigenvalue weighted by Gasteiger charge is 2.21. The normalized spacial score (nSPS) is 12.4. The van der Waals surface area contributed by atoms with Crippen LogP contribution in [0.25, 0.3) is 17.0 Å². The molecule has 0 aliphatic carbocycles. The number of nitrogens with one attached hydrogen (secondary N) is 1. The van der Waals surface area contributed by atoms with E-state index in [-0.39, 0.29) is 5.78 Å². The third-order valence-corrected chi connectivity index (χ3v) is 3.73. The maximum absolute atomic E-state index is 12.5. The Hall–Kier alpha value is -3.14. The number of aromatic nitrogens is 1. The van der Waals surface area contributed by atoms with E-state index in [4.69, 9.17) is 4.74 Å². The maximum atomic E-state index is 12.5. The highest BCUT2D eigenvalue weighted by Crippen LogP contribution is 2.20. The second-order valence-electron chi connectivity index (χ2n) is 5.44. The summed E-state index contributed by atoms with van der Waals surface area (Å²) in [5, 5.41) is 0.824. The summed E-state index contributed by atoms with van der Waals surface area (Å²) in [6.07, 6.45) is 3.79. The zero-order valence-electron chi connectivity index (χ0n) is 13.2. The first-order valence-electron chi connectivity index (χ1n) is 7.69. The fraction of sp³-hybridized carbons (Fsp3) is 0.100. The standard InChI is InChI=1S/C20H17NO3/c1-14(24-19(22)12-11-15-7-3-2-4-8-15)20(23)17-13-21-18-10-6-5-9-16(17)18/h2-14,21H,1H3/b12-11+/t14-/m1/s1. The topological polar surface area (TPSA) is 59.2 Å². The van der Waals surface area contributed by atoms with Gasteiger partial charge in [-0.15, -0.1) is 0 Å². The molecule has 0 unspecified atom stereocenters. The van der Waals surface area contributed by atoms with E-state index in [1.165, 1.54) is 6.08 Å². The van der Waals surface area contributed by atoms with Crippen LogP contribution >= 0.6 is 0 Å². The number of carbonyl (C=O) groups excluding carboxylic acids is 2. The van der Waals surface area contributed by atoms with Crippen molar-refractivity contribution in [2.75, 3.05) is 0 Å². The van der Waals surface area contributed by atoms with Crippen LogP contribution < -0.4 is 0 Å². The second kappa shape index (κ2) is 6.96. The number of hydrogen-bond acceptors (Lipinski definition) is 3. The van der Waals surface area contributed by atoms with E-state index >= 15 is 0 Å². The molecule has 24 heavy (non-hydrogen) atoms. The number of ketones is 1. The smallest absolute Gasteiger partial charge is 0.331 e. The van der Waals surface area contributed by atoms with Gasteiger partial charge in [-0.3, -0.25) is 4.79 Å². The van der Waals surface area contributed by atoms with Gasteiger partial charge in [-0.1, -0.05) is 48.5 Å². The second-order valence-corrected chi connectivity index (χ2v) is 5.44. The fourth-order valence-electron chi connectivity index (χ4n) is 2.49. The number of Topliss-reactive ketones (excluding diaryl/α,β-unsaturated/α-hetero) is 1. The molecular weight excluding hydrogens is 302 g/mol. The van der Waals surface area contributed by atoms with Gasteiger partial charge in [0.15, 0.2) is 6.10 Å². The molecule has 0 fully saturated rings. The third kappa shape index (κ3) is 3.43. The van der Waals surface area contributed by atoms with Crippen LogP contribution in [0.15, 0.2) is 66.9 Å². The Morgan fingerprint density at radius 2 is 1.75 bits per heavy atom. The summed E-state index contributed by atoms with van der Waals surface area (Å²) in [5.74, 6) is -0.770. The largest absolute Gasteiger partial charge is 0.451 e. The van der Waals surface area contributed by atoms with Gasteiger partial charge in [0.05, 0.1) is 0 Å². The van der Waals surface area contributed by atoms with E-state index in [1.807, 2.05) is 54.6 Å². The van der Waals surface area contributed by atoms with Gasteiger partial charge in [-0.25, -0.2) is 4.79 Å². The predicted octanol–water partition coefficient (Wildman–Crippen LogP) is 4.00. The number of hydrogen-bond donors (Lipinski definition) is 1. The molecule has 1 aromatic heterocycles. The number of esters is 1. The summed E-state index contributed by atoms with van der Waals surface area (Å²) in [4.78, 5) is 27.5. The van der Waals surface area contributed by atoms with E-state index in [0.29, 0.717) is 5.56 Å². The highest BCUT2D eigenvalue weighted by molar-refractivity contribution is 6.10. The van der Waals surface area contributed by atoms with Gasteiger partial charge in [0.1, 0.15) is 0 Å². The molecule has 4 nitrogen and oxygen atoms in total. The molecule has 0 aliphatic heterocycles. The molecule has 0 aliphatic rings. The molecule has 0 saturated heterocycles. The lowest BCUT2D eigenvalue weighted by Crippen LogP contribution is -2.23. The van der Waals surface area contributed by atoms with Crippen molar-refractivity contribution in [1.82, 2.24) is 4.98 Å². The number of H-pyrrole nitrogens is 1. The molecular formula is C20H17NO3. The van der Waals surface area contributed by atoms with Crippen LogP contribution in [0.1, 0.15) is 22.8 Å². The Morgan fingerprint density at radius 1 is 1.04 bits per heavy atom. The number of aromatic amines is 1. The van der Waals surface area contributed by atoms with Crippen LogP contribution in [0.2, 0.25) is 0 Å². The van der Waals surface area contributed by atoms with Crippen molar-refractivity contribution < 1.29 is 14.3 Å². The average molecular weight is 319 g/mol. The van der Waals surface area contributed by atoms with Crippen LogP contribution in [0.3, 0.4) is 0 Å². The van der Waals surface area contributed by atoms with Gasteiger partial charge in [-0.2, -0.15) is 0 Å². The molecule has 0 amide bonds.